The summed E-state index contributed by atoms with van der Waals surface area (Å²) >= 11 is 17.5. The van der Waals surface area contributed by atoms with E-state index in [0.29, 0.717) is 9.36 Å². The number of hydrogen-bond donors (Lipinski definition) is 3. The van der Waals surface area contributed by atoms with Gasteiger partial charge in [-0.25, -0.2) is 41.6 Å². The Balaban J connectivity index is 1.54. The lowest BCUT2D eigenvalue weighted by molar-refractivity contribution is -0.338. The molecule has 4 atom stereocenters. The van der Waals surface area contributed by atoms with E-state index in [4.69, 9.17) is 39.5 Å². The topological polar surface area (TPSA) is 149 Å². The lowest BCUT2D eigenvalue weighted by Gasteiger charge is -2.51. The summed E-state index contributed by atoms with van der Waals surface area (Å²) in [5.41, 5.74) is -9.40. The van der Waals surface area contributed by atoms with Crippen LogP contribution in [-0.2, 0) is 22.4 Å². The molecule has 0 spiro atoms. The first-order valence-electron chi connectivity index (χ1n) is 15.2. The maximum atomic E-state index is 15.2. The first kappa shape index (κ1) is 37.7. The molecule has 4 aromatic heterocycles. The number of rotatable bonds is 7. The molecule has 2 aromatic carbocycles. The molecule has 0 radical (unpaired) electrons. The molecule has 3 N–H and O–H groups in total. The zero-order valence-electron chi connectivity index (χ0n) is 26.5. The van der Waals surface area contributed by atoms with Crippen LogP contribution in [0.4, 0.5) is 30.7 Å². The monoisotopic (exact) mass is 818 g/mol. The summed E-state index contributed by atoms with van der Waals surface area (Å²) in [6, 6.07) is 5.12. The van der Waals surface area contributed by atoms with Gasteiger partial charge in [0, 0.05) is 47.3 Å². The number of nitrogens with zero attached hydrogens (tertiary/aromatic N) is 8. The summed E-state index contributed by atoms with van der Waals surface area (Å²) in [5.74, 6) is -6.40. The Kier molecular flexibility index (Phi) is 9.48. The minimum Gasteiger partial charge on any atom is -0.394 e. The Hall–Kier alpha value is -4.63. The molecular weight excluding hydrogens is 800 g/mol. The van der Waals surface area contributed by atoms with Crippen LogP contribution in [0, 0.1) is 23.3 Å². The van der Waals surface area contributed by atoms with Crippen LogP contribution >= 0.6 is 34.8 Å². The molecule has 1 saturated heterocycles. The van der Waals surface area contributed by atoms with Crippen molar-refractivity contribution in [2.24, 2.45) is 0 Å². The number of hydrogen-bond acceptors (Lipinski definition) is 9. The standard InChI is InChI=1S/C32H20Cl3F7N8O4/c33-16-5-21(28(43-9-16)32(40,41)42)50-29(44-13-47-50)31(49-11-15(8-46-49)18-2-4-20(35)27(39)25(18)37)30(53,6-22(52)23(12-51)54-31)48-10-14(7-45-48)17-1-3-19(34)26(38)24(17)36/h1-5,7-11,13,22-23,51-53H,6,12H2/t22-,23-,30-,31?/m0/s1. The Morgan fingerprint density at radius 3 is 1.96 bits per heavy atom. The van der Waals surface area contributed by atoms with Gasteiger partial charge in [-0.1, -0.05) is 34.8 Å². The predicted molar refractivity (Wildman–Crippen MR) is 174 cm³/mol. The van der Waals surface area contributed by atoms with Gasteiger partial charge >= 0.3 is 6.18 Å². The third-order valence-electron chi connectivity index (χ3n) is 8.71. The van der Waals surface area contributed by atoms with Crippen molar-refractivity contribution < 1.29 is 50.8 Å². The Bertz CT molecular complexity index is 2410. The maximum Gasteiger partial charge on any atom is 0.435 e. The molecule has 1 aliphatic heterocycles. The first-order chi connectivity index (χ1) is 25.5. The highest BCUT2D eigenvalue weighted by molar-refractivity contribution is 6.31. The van der Waals surface area contributed by atoms with Crippen LogP contribution in [0.25, 0.3) is 27.9 Å². The fourth-order valence-electron chi connectivity index (χ4n) is 6.19. The van der Waals surface area contributed by atoms with Crippen molar-refractivity contribution >= 4 is 34.8 Å². The summed E-state index contributed by atoms with van der Waals surface area (Å²) < 4.78 is 111. The van der Waals surface area contributed by atoms with Gasteiger partial charge in [-0.2, -0.15) is 28.5 Å². The molecule has 5 heterocycles. The van der Waals surface area contributed by atoms with Gasteiger partial charge < -0.3 is 20.1 Å². The average molecular weight is 820 g/mol. The van der Waals surface area contributed by atoms with E-state index in [0.717, 1.165) is 72.3 Å². The van der Waals surface area contributed by atoms with Crippen LogP contribution in [0.15, 0.2) is 67.6 Å². The second kappa shape index (κ2) is 13.6. The van der Waals surface area contributed by atoms with Gasteiger partial charge in [0.15, 0.2) is 34.8 Å². The number of aliphatic hydroxyl groups is 3. The SMILES string of the molecule is OC[C@@H]1OC(c2ncnn2-c2cc(Cl)cnc2C(F)(F)F)(n2cc(-c3ccc(Cl)c(F)c3F)cn2)[C@](O)(n2cc(-c3ccc(Cl)c(F)c3F)cn2)C[C@@H]1O. The van der Waals surface area contributed by atoms with Crippen molar-refractivity contribution in [1.29, 1.82) is 0 Å². The second-order valence-corrected chi connectivity index (χ2v) is 13.1. The Morgan fingerprint density at radius 2 is 1.39 bits per heavy atom. The fourth-order valence-corrected chi connectivity index (χ4v) is 6.63. The Morgan fingerprint density at radius 1 is 0.815 bits per heavy atom. The van der Waals surface area contributed by atoms with Gasteiger partial charge in [0.05, 0.1) is 45.9 Å². The lowest BCUT2D eigenvalue weighted by atomic mass is 9.86. The smallest absolute Gasteiger partial charge is 0.394 e. The molecule has 0 amide bonds. The number of pyridine rings is 1. The molecule has 6 aromatic rings. The highest BCUT2D eigenvalue weighted by Gasteiger charge is 2.66. The average Bonchev–Trinajstić information content (AvgIpc) is 3.92. The van der Waals surface area contributed by atoms with Crippen molar-refractivity contribution in [1.82, 2.24) is 39.3 Å². The molecule has 54 heavy (non-hydrogen) atoms. The second-order valence-electron chi connectivity index (χ2n) is 11.9. The molecule has 7 rings (SSSR count). The summed E-state index contributed by atoms with van der Waals surface area (Å²) in [5, 5.41) is 45.3. The molecule has 0 bridgehead atoms. The van der Waals surface area contributed by atoms with Crippen molar-refractivity contribution in [2.45, 2.75) is 36.3 Å². The van der Waals surface area contributed by atoms with Crippen LogP contribution in [0.1, 0.15) is 17.9 Å². The quantitative estimate of drug-likeness (QED) is 0.128. The summed E-state index contributed by atoms with van der Waals surface area (Å²) in [6.07, 6.45) is -4.04. The van der Waals surface area contributed by atoms with Gasteiger partial charge in [-0.3, -0.25) is 0 Å². The largest absolute Gasteiger partial charge is 0.435 e. The van der Waals surface area contributed by atoms with E-state index in [2.05, 4.69) is 25.3 Å². The van der Waals surface area contributed by atoms with Gasteiger partial charge in [-0.15, -0.1) is 0 Å². The molecule has 282 valence electrons. The molecule has 1 fully saturated rings. The number of halogens is 10. The normalized spacial score (nSPS) is 21.9. The van der Waals surface area contributed by atoms with Crippen molar-refractivity contribution in [2.75, 3.05) is 6.61 Å². The van der Waals surface area contributed by atoms with Gasteiger partial charge in [0.2, 0.25) is 5.72 Å². The molecule has 1 aliphatic rings. The zero-order chi connectivity index (χ0) is 38.9. The number of alkyl halides is 3. The highest BCUT2D eigenvalue weighted by Crippen LogP contribution is 2.50. The molecule has 12 nitrogen and oxygen atoms in total. The summed E-state index contributed by atoms with van der Waals surface area (Å²) in [4.78, 5) is 7.57. The van der Waals surface area contributed by atoms with Crippen LogP contribution in [0.3, 0.4) is 0 Å². The third kappa shape index (κ3) is 5.90. The van der Waals surface area contributed by atoms with Gasteiger partial charge in [0.25, 0.3) is 5.72 Å². The van der Waals surface area contributed by atoms with E-state index in [1.807, 2.05) is 0 Å². The van der Waals surface area contributed by atoms with E-state index < -0.39 is 105 Å². The van der Waals surface area contributed by atoms with Gasteiger partial charge in [0.1, 0.15) is 12.4 Å². The fraction of sp³-hybridized carbons (Fsp3) is 0.219. The number of aromatic nitrogens is 8. The van der Waals surface area contributed by atoms with Crippen LogP contribution in [-0.4, -0.2) is 73.4 Å². The van der Waals surface area contributed by atoms with Crippen molar-refractivity contribution in [3.63, 3.8) is 0 Å². The summed E-state index contributed by atoms with van der Waals surface area (Å²) in [6.45, 7) is -0.968. The van der Waals surface area contributed by atoms with Crippen LogP contribution in [0.2, 0.25) is 15.1 Å². The minimum atomic E-state index is -5.13. The van der Waals surface area contributed by atoms with Crippen molar-refractivity contribution in [3.05, 3.63) is 117 Å². The zero-order valence-corrected chi connectivity index (χ0v) is 28.8. The van der Waals surface area contributed by atoms with E-state index in [9.17, 15) is 37.3 Å². The molecule has 22 heteroatoms. The molecular formula is C32H20Cl3F7N8O4. The van der Waals surface area contributed by atoms with E-state index in [1.165, 1.54) is 0 Å². The first-order valence-corrected chi connectivity index (χ1v) is 16.4. The van der Waals surface area contributed by atoms with E-state index in [-0.39, 0.29) is 16.1 Å². The molecule has 0 aliphatic carbocycles. The minimum absolute atomic E-state index is 0.177. The van der Waals surface area contributed by atoms with Crippen LogP contribution in [0.5, 0.6) is 0 Å². The van der Waals surface area contributed by atoms with Crippen LogP contribution < -0.4 is 0 Å². The number of aliphatic hydroxyl groups excluding tert-OH is 2. The predicted octanol–water partition coefficient (Wildman–Crippen LogP) is 6.11. The third-order valence-corrected chi connectivity index (χ3v) is 9.50. The van der Waals surface area contributed by atoms with Gasteiger partial charge in [-0.05, 0) is 30.3 Å². The van der Waals surface area contributed by atoms with Crippen molar-refractivity contribution in [3.8, 4) is 27.9 Å². The number of ether oxygens (including phenoxy) is 1. The lowest BCUT2D eigenvalue weighted by Crippen LogP contribution is -2.68. The summed E-state index contributed by atoms with van der Waals surface area (Å²) in [7, 11) is 0. The Labute approximate surface area is 312 Å². The molecule has 0 saturated carbocycles. The highest BCUT2D eigenvalue weighted by atomic mass is 35.5. The number of benzene rings is 2. The van der Waals surface area contributed by atoms with E-state index in [1.54, 1.807) is 0 Å². The van der Waals surface area contributed by atoms with E-state index >= 15 is 8.78 Å². The maximum absolute atomic E-state index is 15.2. The molecule has 1 unspecified atom stereocenters.